The number of likely N-dealkylation sites (tertiary alicyclic amines) is 1. The largest absolute Gasteiger partial charge is 0.332 e. The van der Waals surface area contributed by atoms with Crippen LogP contribution in [0.3, 0.4) is 0 Å². The zero-order valence-electron chi connectivity index (χ0n) is 15.8. The van der Waals surface area contributed by atoms with Gasteiger partial charge in [0, 0.05) is 28.3 Å². The summed E-state index contributed by atoms with van der Waals surface area (Å²) in [4.78, 5) is 16.7. The van der Waals surface area contributed by atoms with Crippen LogP contribution in [-0.4, -0.2) is 43.2 Å². The highest BCUT2D eigenvalue weighted by Crippen LogP contribution is 2.28. The van der Waals surface area contributed by atoms with Crippen molar-refractivity contribution in [3.05, 3.63) is 63.6 Å². The van der Waals surface area contributed by atoms with E-state index in [0.29, 0.717) is 5.92 Å². The number of para-hydroxylation sites is 1. The Morgan fingerprint density at radius 1 is 1.11 bits per heavy atom. The van der Waals surface area contributed by atoms with Crippen LogP contribution in [0.4, 0.5) is 10.5 Å². The highest BCUT2D eigenvalue weighted by atomic mass is 79.9. The number of carbonyl (C=O) groups excluding carboxylic acids is 1. The summed E-state index contributed by atoms with van der Waals surface area (Å²) in [5.74, 6) is 0.685. The first-order valence-corrected chi connectivity index (χ1v) is 11.0. The lowest BCUT2D eigenvalue weighted by atomic mass is 9.90. The minimum absolute atomic E-state index is 0.0110. The van der Waals surface area contributed by atoms with Crippen LogP contribution in [0.1, 0.15) is 18.4 Å². The molecular weight excluding hydrogens is 438 g/mol. The van der Waals surface area contributed by atoms with Gasteiger partial charge in [-0.3, -0.25) is 4.90 Å². The molecule has 28 heavy (non-hydrogen) atoms. The molecule has 0 bridgehead atoms. The molecule has 0 aliphatic carbocycles. The van der Waals surface area contributed by atoms with E-state index in [1.54, 1.807) is 0 Å². The maximum absolute atomic E-state index is 12.3. The first-order valence-electron chi connectivity index (χ1n) is 9.88. The summed E-state index contributed by atoms with van der Waals surface area (Å²) in [7, 11) is 0. The van der Waals surface area contributed by atoms with Crippen molar-refractivity contribution in [3.8, 4) is 0 Å². The van der Waals surface area contributed by atoms with Crippen LogP contribution in [0.15, 0.2) is 53.0 Å². The Morgan fingerprint density at radius 3 is 2.61 bits per heavy atom. The van der Waals surface area contributed by atoms with E-state index >= 15 is 0 Å². The SMILES string of the molecule is O=C1NC(CN2CCC(Cc3cc(Cl)ccc3Br)CC2)CN1c1ccccc1. The van der Waals surface area contributed by atoms with Crippen LogP contribution in [-0.2, 0) is 6.42 Å². The summed E-state index contributed by atoms with van der Waals surface area (Å²) >= 11 is 9.80. The number of carbonyl (C=O) groups is 1. The van der Waals surface area contributed by atoms with E-state index in [1.807, 2.05) is 47.4 Å². The number of nitrogens with zero attached hydrogens (tertiary/aromatic N) is 2. The fourth-order valence-electron chi connectivity index (χ4n) is 4.23. The number of rotatable bonds is 5. The lowest BCUT2D eigenvalue weighted by Gasteiger charge is -2.33. The van der Waals surface area contributed by atoms with Gasteiger partial charge >= 0.3 is 6.03 Å². The van der Waals surface area contributed by atoms with Gasteiger partial charge in [-0.15, -0.1) is 0 Å². The maximum Gasteiger partial charge on any atom is 0.322 e. The van der Waals surface area contributed by atoms with Crippen molar-refractivity contribution < 1.29 is 4.79 Å². The average molecular weight is 463 g/mol. The van der Waals surface area contributed by atoms with Gasteiger partial charge in [0.05, 0.1) is 6.04 Å². The third-order valence-electron chi connectivity index (χ3n) is 5.75. The quantitative estimate of drug-likeness (QED) is 0.682. The van der Waals surface area contributed by atoms with Crippen molar-refractivity contribution in [1.82, 2.24) is 10.2 Å². The second-order valence-electron chi connectivity index (χ2n) is 7.78. The summed E-state index contributed by atoms with van der Waals surface area (Å²) in [6.45, 7) is 3.82. The first kappa shape index (κ1) is 19.7. The van der Waals surface area contributed by atoms with E-state index in [0.717, 1.165) is 47.8 Å². The van der Waals surface area contributed by atoms with E-state index in [2.05, 4.69) is 32.2 Å². The molecule has 1 unspecified atom stereocenters. The topological polar surface area (TPSA) is 35.6 Å². The number of anilines is 1. The standard InChI is InChI=1S/C22H25BrClN3O/c23-21-7-6-18(24)13-17(21)12-16-8-10-26(11-9-16)14-19-15-27(22(28)25-19)20-4-2-1-3-5-20/h1-7,13,16,19H,8-12,14-15H2,(H,25,28). The monoisotopic (exact) mass is 461 g/mol. The van der Waals surface area contributed by atoms with Crippen molar-refractivity contribution in [2.24, 2.45) is 5.92 Å². The second-order valence-corrected chi connectivity index (χ2v) is 9.07. The smallest absolute Gasteiger partial charge is 0.322 e. The molecule has 6 heteroatoms. The normalized spacial score (nSPS) is 21.1. The molecule has 2 aliphatic heterocycles. The lowest BCUT2D eigenvalue weighted by molar-refractivity contribution is 0.173. The van der Waals surface area contributed by atoms with Crippen molar-refractivity contribution in [3.63, 3.8) is 0 Å². The average Bonchev–Trinajstić information content (AvgIpc) is 3.07. The van der Waals surface area contributed by atoms with E-state index in [1.165, 1.54) is 18.4 Å². The molecule has 2 amide bonds. The number of nitrogens with one attached hydrogen (secondary N) is 1. The molecule has 2 fully saturated rings. The van der Waals surface area contributed by atoms with Crippen molar-refractivity contribution in [2.45, 2.75) is 25.3 Å². The number of benzene rings is 2. The van der Waals surface area contributed by atoms with E-state index in [9.17, 15) is 4.79 Å². The number of halogens is 2. The summed E-state index contributed by atoms with van der Waals surface area (Å²) in [6.07, 6.45) is 3.43. The molecule has 148 valence electrons. The molecule has 1 atom stereocenters. The Hall–Kier alpha value is -1.56. The first-order chi connectivity index (χ1) is 13.6. The van der Waals surface area contributed by atoms with E-state index in [-0.39, 0.29) is 12.1 Å². The van der Waals surface area contributed by atoms with Gasteiger partial charge in [0.1, 0.15) is 0 Å². The Bertz CT molecular complexity index is 824. The van der Waals surface area contributed by atoms with Gasteiger partial charge in [-0.05, 0) is 74.2 Å². The minimum atomic E-state index is 0.0110. The van der Waals surface area contributed by atoms with Crippen LogP contribution in [0.2, 0.25) is 5.02 Å². The lowest BCUT2D eigenvalue weighted by Crippen LogP contribution is -2.43. The predicted molar refractivity (Wildman–Crippen MR) is 118 cm³/mol. The molecule has 0 saturated carbocycles. The fraction of sp³-hybridized carbons (Fsp3) is 0.409. The number of urea groups is 1. The maximum atomic E-state index is 12.3. The van der Waals surface area contributed by atoms with Crippen molar-refractivity contribution in [2.75, 3.05) is 31.1 Å². The van der Waals surface area contributed by atoms with Crippen molar-refractivity contribution >= 4 is 39.2 Å². The molecule has 2 heterocycles. The summed E-state index contributed by atoms with van der Waals surface area (Å²) in [6, 6.07) is 16.1. The fourth-order valence-corrected chi connectivity index (χ4v) is 4.83. The molecule has 4 nitrogen and oxygen atoms in total. The van der Waals surface area contributed by atoms with E-state index in [4.69, 9.17) is 11.6 Å². The van der Waals surface area contributed by atoms with Crippen molar-refractivity contribution in [1.29, 1.82) is 0 Å². The van der Waals surface area contributed by atoms with Gasteiger partial charge < -0.3 is 10.2 Å². The third kappa shape index (κ3) is 4.70. The Balaban J connectivity index is 1.27. The summed E-state index contributed by atoms with van der Waals surface area (Å²) < 4.78 is 1.15. The predicted octanol–water partition coefficient (Wildman–Crippen LogP) is 4.96. The van der Waals surface area contributed by atoms with Crippen LogP contribution in [0.5, 0.6) is 0 Å². The van der Waals surface area contributed by atoms with Gasteiger partial charge in [-0.25, -0.2) is 4.79 Å². The molecule has 0 spiro atoms. The molecule has 1 N–H and O–H groups in total. The molecular formula is C22H25BrClN3O. The molecule has 2 aromatic rings. The Morgan fingerprint density at radius 2 is 1.86 bits per heavy atom. The highest BCUT2D eigenvalue weighted by Gasteiger charge is 2.31. The molecule has 2 aromatic carbocycles. The molecule has 2 aliphatic rings. The van der Waals surface area contributed by atoms with Crippen LogP contribution in [0.25, 0.3) is 0 Å². The Labute approximate surface area is 180 Å². The van der Waals surface area contributed by atoms with Crippen LogP contribution >= 0.6 is 27.5 Å². The number of amides is 2. The van der Waals surface area contributed by atoms with Crippen LogP contribution in [0, 0.1) is 5.92 Å². The van der Waals surface area contributed by atoms with Gasteiger partial charge in [-0.2, -0.15) is 0 Å². The molecule has 2 saturated heterocycles. The zero-order valence-corrected chi connectivity index (χ0v) is 18.1. The number of hydrogen-bond acceptors (Lipinski definition) is 2. The second kappa shape index (κ2) is 8.85. The zero-order chi connectivity index (χ0) is 19.5. The minimum Gasteiger partial charge on any atom is -0.332 e. The van der Waals surface area contributed by atoms with Gasteiger partial charge in [0.15, 0.2) is 0 Å². The molecule has 4 rings (SSSR count). The van der Waals surface area contributed by atoms with Gasteiger partial charge in [0.2, 0.25) is 0 Å². The summed E-state index contributed by atoms with van der Waals surface area (Å²) in [5.41, 5.74) is 2.26. The number of piperidine rings is 1. The highest BCUT2D eigenvalue weighted by molar-refractivity contribution is 9.10. The van der Waals surface area contributed by atoms with Gasteiger partial charge in [-0.1, -0.05) is 45.7 Å². The molecule has 0 radical (unpaired) electrons. The Kier molecular flexibility index (Phi) is 6.24. The van der Waals surface area contributed by atoms with Gasteiger partial charge in [0.25, 0.3) is 0 Å². The van der Waals surface area contributed by atoms with Crippen LogP contribution < -0.4 is 10.2 Å². The number of hydrogen-bond donors (Lipinski definition) is 1. The molecule has 0 aromatic heterocycles. The van der Waals surface area contributed by atoms with E-state index < -0.39 is 0 Å². The third-order valence-corrected chi connectivity index (χ3v) is 6.75. The summed E-state index contributed by atoms with van der Waals surface area (Å²) in [5, 5.41) is 3.94.